The number of carbonyl (C=O) groups excluding carboxylic acids is 2. The summed E-state index contributed by atoms with van der Waals surface area (Å²) >= 11 is 0. The maximum absolute atomic E-state index is 12.4. The Bertz CT molecular complexity index is 1160. The van der Waals surface area contributed by atoms with Gasteiger partial charge < -0.3 is 20.0 Å². The molecule has 2 N–H and O–H groups in total. The van der Waals surface area contributed by atoms with Crippen molar-refractivity contribution in [2.75, 3.05) is 13.1 Å². The van der Waals surface area contributed by atoms with Gasteiger partial charge in [-0.2, -0.15) is 0 Å². The van der Waals surface area contributed by atoms with E-state index in [0.29, 0.717) is 37.9 Å². The van der Waals surface area contributed by atoms with E-state index in [-0.39, 0.29) is 11.8 Å². The van der Waals surface area contributed by atoms with E-state index in [9.17, 15) is 9.59 Å². The fourth-order valence-corrected chi connectivity index (χ4v) is 4.68. The summed E-state index contributed by atoms with van der Waals surface area (Å²) in [5, 5.41) is 5.76. The lowest BCUT2D eigenvalue weighted by Gasteiger charge is -2.23. The van der Waals surface area contributed by atoms with Gasteiger partial charge in [0.2, 0.25) is 11.8 Å². The van der Waals surface area contributed by atoms with Gasteiger partial charge in [0.25, 0.3) is 0 Å². The Kier molecular flexibility index (Phi) is 20.5. The fourth-order valence-electron chi connectivity index (χ4n) is 4.68. The van der Waals surface area contributed by atoms with Crippen LogP contribution >= 0.6 is 0 Å². The predicted molar refractivity (Wildman–Crippen MR) is 184 cm³/mol. The quantitative estimate of drug-likeness (QED) is 0.172. The zero-order valence-corrected chi connectivity index (χ0v) is 28.1. The number of nitrogens with zero attached hydrogens (tertiary/aromatic N) is 1. The van der Waals surface area contributed by atoms with E-state index in [1.165, 1.54) is 23.1 Å². The van der Waals surface area contributed by atoms with Crippen LogP contribution in [0.4, 0.5) is 0 Å². The van der Waals surface area contributed by atoms with Gasteiger partial charge in [0.15, 0.2) is 0 Å². The van der Waals surface area contributed by atoms with Gasteiger partial charge in [0.1, 0.15) is 5.76 Å². The van der Waals surface area contributed by atoms with Crippen molar-refractivity contribution >= 4 is 11.8 Å². The summed E-state index contributed by atoms with van der Waals surface area (Å²) in [6, 6.07) is 22.7. The summed E-state index contributed by atoms with van der Waals surface area (Å²) in [5.74, 6) is 2.10. The first-order valence-electron chi connectivity index (χ1n) is 16.2. The molecule has 0 radical (unpaired) electrons. The molecule has 1 aromatic heterocycles. The summed E-state index contributed by atoms with van der Waals surface area (Å²) in [6.07, 6.45) is 9.12. The van der Waals surface area contributed by atoms with Crippen molar-refractivity contribution in [1.29, 1.82) is 0 Å². The largest absolute Gasteiger partial charge is 0.467 e. The number of nitrogens with one attached hydrogen (secondary N) is 2. The molecule has 1 heterocycles. The number of benzene rings is 2. The van der Waals surface area contributed by atoms with Crippen LogP contribution in [0.2, 0.25) is 0 Å². The topological polar surface area (TPSA) is 74.6 Å². The smallest absolute Gasteiger partial charge is 0.242 e. The van der Waals surface area contributed by atoms with Gasteiger partial charge in [-0.1, -0.05) is 116 Å². The van der Waals surface area contributed by atoms with E-state index in [0.717, 1.165) is 38.0 Å². The molecule has 0 bridgehead atoms. The summed E-state index contributed by atoms with van der Waals surface area (Å²) in [7, 11) is 0. The Morgan fingerprint density at radius 3 is 2.23 bits per heavy atom. The second-order valence-electron chi connectivity index (χ2n) is 11.7. The maximum atomic E-state index is 12.4. The van der Waals surface area contributed by atoms with Gasteiger partial charge in [-0.3, -0.25) is 9.59 Å². The molecule has 2 aromatic carbocycles. The predicted octanol–water partition coefficient (Wildman–Crippen LogP) is 8.52. The van der Waals surface area contributed by atoms with Gasteiger partial charge in [-0.15, -0.1) is 0 Å². The Balaban J connectivity index is 0.000000437. The van der Waals surface area contributed by atoms with E-state index in [2.05, 4.69) is 107 Å². The molecular formula is C38H57N3O3. The lowest BCUT2D eigenvalue weighted by Crippen LogP contribution is -2.37. The molecule has 2 amide bonds. The maximum Gasteiger partial charge on any atom is 0.242 e. The minimum Gasteiger partial charge on any atom is -0.467 e. The Morgan fingerprint density at radius 1 is 0.932 bits per heavy atom. The summed E-state index contributed by atoms with van der Waals surface area (Å²) in [6.45, 7) is 18.7. The number of hydrogen-bond donors (Lipinski definition) is 2. The van der Waals surface area contributed by atoms with Crippen molar-refractivity contribution in [3.63, 3.8) is 0 Å². The van der Waals surface area contributed by atoms with Crippen LogP contribution in [0, 0.1) is 11.8 Å². The highest BCUT2D eigenvalue weighted by atomic mass is 16.3. The molecule has 0 saturated carbocycles. The van der Waals surface area contributed by atoms with Crippen molar-refractivity contribution in [3.8, 4) is 0 Å². The molecular weight excluding hydrogens is 546 g/mol. The highest BCUT2D eigenvalue weighted by molar-refractivity contribution is 5.78. The average molecular weight is 604 g/mol. The van der Waals surface area contributed by atoms with E-state index in [1.54, 1.807) is 12.5 Å². The number of unbranched alkanes of at least 4 members (excludes halogenated alkanes) is 1. The minimum absolute atomic E-state index is 0.101. The number of furan rings is 1. The molecule has 3 rings (SSSR count). The lowest BCUT2D eigenvalue weighted by atomic mass is 9.96. The molecule has 0 spiro atoms. The number of amides is 2. The van der Waals surface area contributed by atoms with Crippen LogP contribution in [-0.2, 0) is 29.1 Å². The molecule has 6 nitrogen and oxygen atoms in total. The molecule has 6 heteroatoms. The average Bonchev–Trinajstić information content (AvgIpc) is 3.52. The Labute approximate surface area is 267 Å². The molecule has 0 aliphatic rings. The van der Waals surface area contributed by atoms with Crippen LogP contribution in [0.1, 0.15) is 96.1 Å². The number of hydrogen-bond acceptors (Lipinski definition) is 4. The first kappa shape index (κ1) is 38.2. The molecule has 0 saturated heterocycles. The molecule has 1 atom stereocenters. The van der Waals surface area contributed by atoms with Crippen molar-refractivity contribution in [3.05, 3.63) is 108 Å². The molecule has 3 aromatic rings. The van der Waals surface area contributed by atoms with E-state index in [1.807, 2.05) is 23.1 Å². The Hall–Kier alpha value is -3.80. The third kappa shape index (κ3) is 18.0. The van der Waals surface area contributed by atoms with Gasteiger partial charge in [0.05, 0.1) is 19.4 Å². The van der Waals surface area contributed by atoms with Gasteiger partial charge >= 0.3 is 0 Å². The van der Waals surface area contributed by atoms with Crippen LogP contribution in [0.5, 0.6) is 0 Å². The van der Waals surface area contributed by atoms with Crippen molar-refractivity contribution < 1.29 is 14.0 Å². The zero-order valence-electron chi connectivity index (χ0n) is 28.1. The van der Waals surface area contributed by atoms with Crippen molar-refractivity contribution in [1.82, 2.24) is 15.5 Å². The molecule has 44 heavy (non-hydrogen) atoms. The Morgan fingerprint density at radius 2 is 1.61 bits per heavy atom. The molecule has 0 aliphatic carbocycles. The first-order chi connectivity index (χ1) is 21.2. The van der Waals surface area contributed by atoms with Crippen LogP contribution < -0.4 is 10.6 Å². The lowest BCUT2D eigenvalue weighted by molar-refractivity contribution is -0.130. The first-order valence-corrected chi connectivity index (χ1v) is 16.2. The minimum atomic E-state index is 0.101. The SMILES string of the molecule is C=CNCC(=O)N(CCCC)Cc1cccc(Cc2ccccc2)c1.CC(C)CC(C)CC(=O)NCc1ccco1.CCC. The van der Waals surface area contributed by atoms with Gasteiger partial charge in [0, 0.05) is 19.5 Å². The second kappa shape index (κ2) is 23.6. The third-order valence-electron chi connectivity index (χ3n) is 6.60. The van der Waals surface area contributed by atoms with Crippen LogP contribution in [0.25, 0.3) is 0 Å². The van der Waals surface area contributed by atoms with E-state index >= 15 is 0 Å². The van der Waals surface area contributed by atoms with Gasteiger partial charge in [-0.25, -0.2) is 0 Å². The highest BCUT2D eigenvalue weighted by Gasteiger charge is 2.13. The third-order valence-corrected chi connectivity index (χ3v) is 6.60. The molecule has 242 valence electrons. The van der Waals surface area contributed by atoms with Crippen LogP contribution in [0.3, 0.4) is 0 Å². The van der Waals surface area contributed by atoms with E-state index in [4.69, 9.17) is 4.42 Å². The standard InChI is InChI=1S/C22H28N2O.C13H21NO2.C3H8/c1-3-5-14-24(22(25)17-23-4-2)18-21-13-9-12-20(16-21)15-19-10-7-6-8-11-19;1-10(2)7-11(3)8-13(15)14-9-12-5-4-6-16-12;1-3-2/h4,6-13,16,23H,2-3,5,14-15,17-18H2,1H3;4-6,10-11H,7-9H2,1-3H3,(H,14,15);3H2,1-2H3. The van der Waals surface area contributed by atoms with Crippen LogP contribution in [-0.4, -0.2) is 29.8 Å². The van der Waals surface area contributed by atoms with Crippen LogP contribution in [0.15, 0.2) is 90.2 Å². The zero-order chi connectivity index (χ0) is 32.6. The van der Waals surface area contributed by atoms with E-state index < -0.39 is 0 Å². The molecule has 0 fully saturated rings. The summed E-state index contributed by atoms with van der Waals surface area (Å²) in [5.41, 5.74) is 3.75. The summed E-state index contributed by atoms with van der Waals surface area (Å²) < 4.78 is 5.14. The number of carbonyl (C=O) groups is 2. The summed E-state index contributed by atoms with van der Waals surface area (Å²) in [4.78, 5) is 25.9. The van der Waals surface area contributed by atoms with Crippen molar-refractivity contribution in [2.24, 2.45) is 11.8 Å². The fraction of sp³-hybridized carbons (Fsp3) is 0.474. The number of rotatable bonds is 16. The normalized spacial score (nSPS) is 10.9. The van der Waals surface area contributed by atoms with Crippen molar-refractivity contribution in [2.45, 2.75) is 93.2 Å². The molecule has 0 aliphatic heterocycles. The second-order valence-corrected chi connectivity index (χ2v) is 11.7. The monoisotopic (exact) mass is 603 g/mol. The van der Waals surface area contributed by atoms with Gasteiger partial charge in [-0.05, 0) is 66.1 Å². The highest BCUT2D eigenvalue weighted by Crippen LogP contribution is 2.15. The molecule has 1 unspecified atom stereocenters.